The van der Waals surface area contributed by atoms with E-state index >= 15 is 0 Å². The van der Waals surface area contributed by atoms with Crippen LogP contribution in [0.1, 0.15) is 24.2 Å². The fourth-order valence-electron chi connectivity index (χ4n) is 3.53. The Morgan fingerprint density at radius 3 is 2.81 bits per heavy atom. The smallest absolute Gasteiger partial charge is 0.234 e. The molecule has 2 N–H and O–H groups in total. The number of carbonyl (C=O) groups is 1. The number of thioether (sulfide) groups is 1. The second-order valence-corrected chi connectivity index (χ2v) is 8.65. The van der Waals surface area contributed by atoms with Gasteiger partial charge in [-0.2, -0.15) is 0 Å². The van der Waals surface area contributed by atoms with E-state index in [9.17, 15) is 9.18 Å². The summed E-state index contributed by atoms with van der Waals surface area (Å²) >= 11 is 1.35. The first-order valence-corrected chi connectivity index (χ1v) is 11.6. The van der Waals surface area contributed by atoms with Crippen molar-refractivity contribution in [2.45, 2.75) is 44.1 Å². The zero-order valence-electron chi connectivity index (χ0n) is 17.9. The van der Waals surface area contributed by atoms with Gasteiger partial charge in [0.25, 0.3) is 0 Å². The Hall–Kier alpha value is -2.91. The van der Waals surface area contributed by atoms with Gasteiger partial charge in [0.05, 0.1) is 24.9 Å². The zero-order chi connectivity index (χ0) is 22.3. The number of benzene rings is 2. The first-order chi connectivity index (χ1) is 15.6. The summed E-state index contributed by atoms with van der Waals surface area (Å²) in [6.45, 7) is 3.81. The van der Waals surface area contributed by atoms with Crippen LogP contribution in [0.2, 0.25) is 0 Å². The average Bonchev–Trinajstić information content (AvgIpc) is 3.42. The summed E-state index contributed by atoms with van der Waals surface area (Å²) in [6.07, 6.45) is 2.13. The highest BCUT2D eigenvalue weighted by Crippen LogP contribution is 2.22. The van der Waals surface area contributed by atoms with Crippen LogP contribution in [0, 0.1) is 12.7 Å². The third kappa shape index (κ3) is 6.08. The molecule has 1 amide bonds. The predicted molar refractivity (Wildman–Crippen MR) is 123 cm³/mol. The summed E-state index contributed by atoms with van der Waals surface area (Å²) in [5.41, 5.74) is 2.66. The maximum atomic E-state index is 13.1. The Morgan fingerprint density at radius 1 is 1.22 bits per heavy atom. The first kappa shape index (κ1) is 22.3. The van der Waals surface area contributed by atoms with E-state index in [4.69, 9.17) is 4.74 Å². The minimum Gasteiger partial charge on any atom is -0.378 e. The van der Waals surface area contributed by atoms with Crippen molar-refractivity contribution in [1.82, 2.24) is 14.8 Å². The minimum atomic E-state index is -0.278. The molecule has 9 heteroatoms. The summed E-state index contributed by atoms with van der Waals surface area (Å²) in [5, 5.41) is 15.5. The van der Waals surface area contributed by atoms with Crippen LogP contribution < -0.4 is 10.6 Å². The van der Waals surface area contributed by atoms with E-state index in [-0.39, 0.29) is 23.6 Å². The lowest BCUT2D eigenvalue weighted by Crippen LogP contribution is -2.20. The molecule has 2 heterocycles. The lowest BCUT2D eigenvalue weighted by Gasteiger charge is -2.15. The molecule has 0 bridgehead atoms. The van der Waals surface area contributed by atoms with Gasteiger partial charge in [0.15, 0.2) is 11.0 Å². The number of nitrogens with zero attached hydrogens (tertiary/aromatic N) is 3. The van der Waals surface area contributed by atoms with Gasteiger partial charge >= 0.3 is 0 Å². The number of aryl methyl sites for hydroxylation is 1. The van der Waals surface area contributed by atoms with Crippen molar-refractivity contribution in [3.05, 3.63) is 65.7 Å². The van der Waals surface area contributed by atoms with Crippen LogP contribution in [0.15, 0.2) is 53.7 Å². The maximum absolute atomic E-state index is 13.1. The molecule has 0 saturated carbocycles. The molecule has 168 valence electrons. The highest BCUT2D eigenvalue weighted by Gasteiger charge is 2.21. The second kappa shape index (κ2) is 10.6. The SMILES string of the molecule is Cc1cccc(NC(=O)CSc2nnc(CNc3ccc(F)cc3)n2C[C@H]2CCCO2)c1. The van der Waals surface area contributed by atoms with Crippen LogP contribution in [0.3, 0.4) is 0 Å². The number of ether oxygens (including phenoxy) is 1. The molecule has 1 saturated heterocycles. The molecule has 1 aliphatic heterocycles. The van der Waals surface area contributed by atoms with Gasteiger partial charge in [0.1, 0.15) is 5.82 Å². The topological polar surface area (TPSA) is 81.1 Å². The van der Waals surface area contributed by atoms with Crippen LogP contribution in [0.5, 0.6) is 0 Å². The Labute approximate surface area is 190 Å². The van der Waals surface area contributed by atoms with Crippen molar-refractivity contribution in [3.63, 3.8) is 0 Å². The molecule has 0 unspecified atom stereocenters. The highest BCUT2D eigenvalue weighted by atomic mass is 32.2. The lowest BCUT2D eigenvalue weighted by atomic mass is 10.2. The number of amides is 1. The first-order valence-electron chi connectivity index (χ1n) is 10.6. The summed E-state index contributed by atoms with van der Waals surface area (Å²) < 4.78 is 21.0. The van der Waals surface area contributed by atoms with Gasteiger partial charge in [-0.15, -0.1) is 10.2 Å². The van der Waals surface area contributed by atoms with E-state index in [0.717, 1.165) is 42.2 Å². The van der Waals surface area contributed by atoms with Gasteiger partial charge in [0.2, 0.25) is 5.91 Å². The average molecular weight is 456 g/mol. The summed E-state index contributed by atoms with van der Waals surface area (Å²) in [5.74, 6) is 0.590. The van der Waals surface area contributed by atoms with Gasteiger partial charge in [-0.3, -0.25) is 4.79 Å². The van der Waals surface area contributed by atoms with Crippen molar-refractivity contribution >= 4 is 29.0 Å². The molecule has 0 spiro atoms. The Kier molecular flexibility index (Phi) is 7.39. The van der Waals surface area contributed by atoms with E-state index in [1.54, 1.807) is 12.1 Å². The summed E-state index contributed by atoms with van der Waals surface area (Å²) in [6, 6.07) is 13.9. The third-order valence-corrected chi connectivity index (χ3v) is 6.10. The maximum Gasteiger partial charge on any atom is 0.234 e. The zero-order valence-corrected chi connectivity index (χ0v) is 18.7. The molecule has 1 fully saturated rings. The third-order valence-electron chi connectivity index (χ3n) is 5.13. The molecule has 1 aromatic heterocycles. The number of rotatable bonds is 9. The van der Waals surface area contributed by atoms with Crippen LogP contribution in [0.25, 0.3) is 0 Å². The normalized spacial score (nSPS) is 15.6. The van der Waals surface area contributed by atoms with Crippen molar-refractivity contribution < 1.29 is 13.9 Å². The molecule has 2 aromatic carbocycles. The van der Waals surface area contributed by atoms with Crippen LogP contribution in [-0.4, -0.2) is 39.1 Å². The van der Waals surface area contributed by atoms with Gasteiger partial charge in [-0.25, -0.2) is 4.39 Å². The monoisotopic (exact) mass is 455 g/mol. The van der Waals surface area contributed by atoms with Gasteiger partial charge < -0.3 is 19.9 Å². The molecule has 1 atom stereocenters. The standard InChI is InChI=1S/C23H26FN5O2S/c1-16-4-2-5-19(12-16)26-22(30)15-32-23-28-27-21(29(23)14-20-6-3-11-31-20)13-25-18-9-7-17(24)8-10-18/h2,4-5,7-10,12,20,25H,3,6,11,13-15H2,1H3,(H,26,30)/t20-/m1/s1. The van der Waals surface area contributed by atoms with E-state index < -0.39 is 0 Å². The number of hydrogen-bond acceptors (Lipinski definition) is 6. The fraction of sp³-hybridized carbons (Fsp3) is 0.348. The van der Waals surface area contributed by atoms with Gasteiger partial charge in [0, 0.05) is 18.0 Å². The van der Waals surface area contributed by atoms with Gasteiger partial charge in [-0.05, 0) is 61.7 Å². The largest absolute Gasteiger partial charge is 0.378 e. The number of aromatic nitrogens is 3. The van der Waals surface area contributed by atoms with Crippen molar-refractivity contribution in [3.8, 4) is 0 Å². The number of hydrogen-bond donors (Lipinski definition) is 2. The fourth-order valence-corrected chi connectivity index (χ4v) is 4.30. The minimum absolute atomic E-state index is 0.0988. The van der Waals surface area contributed by atoms with Crippen LogP contribution >= 0.6 is 11.8 Å². The van der Waals surface area contributed by atoms with Crippen molar-refractivity contribution in [2.75, 3.05) is 23.0 Å². The lowest BCUT2D eigenvalue weighted by molar-refractivity contribution is -0.113. The summed E-state index contributed by atoms with van der Waals surface area (Å²) in [7, 11) is 0. The molecule has 0 aliphatic carbocycles. The Morgan fingerprint density at radius 2 is 2.06 bits per heavy atom. The number of anilines is 2. The quantitative estimate of drug-likeness (QED) is 0.470. The second-order valence-electron chi connectivity index (χ2n) is 7.71. The molecule has 0 radical (unpaired) electrons. The van der Waals surface area contributed by atoms with Crippen LogP contribution in [-0.2, 0) is 22.6 Å². The summed E-state index contributed by atoms with van der Waals surface area (Å²) in [4.78, 5) is 12.4. The van der Waals surface area contributed by atoms with Crippen molar-refractivity contribution in [2.24, 2.45) is 0 Å². The highest BCUT2D eigenvalue weighted by molar-refractivity contribution is 7.99. The molecule has 3 aromatic rings. The molecule has 32 heavy (non-hydrogen) atoms. The molecule has 1 aliphatic rings. The Balaban J connectivity index is 1.41. The van der Waals surface area contributed by atoms with E-state index in [2.05, 4.69) is 20.8 Å². The molecule has 4 rings (SSSR count). The number of halogens is 1. The van der Waals surface area contributed by atoms with E-state index in [0.29, 0.717) is 18.2 Å². The van der Waals surface area contributed by atoms with Gasteiger partial charge in [-0.1, -0.05) is 23.9 Å². The molecular weight excluding hydrogens is 429 g/mol. The predicted octanol–water partition coefficient (Wildman–Crippen LogP) is 4.25. The van der Waals surface area contributed by atoms with Crippen molar-refractivity contribution in [1.29, 1.82) is 0 Å². The molecule has 7 nitrogen and oxygen atoms in total. The van der Waals surface area contributed by atoms with Crippen LogP contribution in [0.4, 0.5) is 15.8 Å². The number of carbonyl (C=O) groups excluding carboxylic acids is 1. The van der Waals surface area contributed by atoms with E-state index in [1.165, 1.54) is 23.9 Å². The Bertz CT molecular complexity index is 1050. The van der Waals surface area contributed by atoms with E-state index in [1.807, 2.05) is 35.8 Å². The molecular formula is C23H26FN5O2S. The number of nitrogens with one attached hydrogen (secondary N) is 2.